The number of carbonyl (C=O) groups excluding carboxylic acids is 1. The number of imidazole rings is 1. The number of halogens is 4. The van der Waals surface area contributed by atoms with Crippen LogP contribution < -0.4 is 5.32 Å². The molecule has 0 aliphatic heterocycles. The summed E-state index contributed by atoms with van der Waals surface area (Å²) in [5.41, 5.74) is -0.486. The molecule has 39 heavy (non-hydrogen) atoms. The van der Waals surface area contributed by atoms with Crippen LogP contribution in [0.4, 0.5) is 13.2 Å². The van der Waals surface area contributed by atoms with Crippen molar-refractivity contribution in [2.75, 3.05) is 12.4 Å². The molecule has 0 aliphatic carbocycles. The Morgan fingerprint density at radius 1 is 1.13 bits per heavy atom. The van der Waals surface area contributed by atoms with Crippen LogP contribution in [0.1, 0.15) is 72.4 Å². The summed E-state index contributed by atoms with van der Waals surface area (Å²) in [6.45, 7) is 8.07. The molecule has 0 radical (unpaired) electrons. The van der Waals surface area contributed by atoms with Crippen molar-refractivity contribution in [3.63, 3.8) is 0 Å². The number of hydrogen-bond acceptors (Lipinski definition) is 5. The number of nitrogens with one attached hydrogen (secondary N) is 1. The first-order valence-corrected chi connectivity index (χ1v) is 14.6. The van der Waals surface area contributed by atoms with Gasteiger partial charge in [0.05, 0.1) is 28.9 Å². The molecule has 2 aromatic carbocycles. The number of amides is 1. The number of aliphatic hydroxyl groups excluding tert-OH is 1. The molecule has 12 heteroatoms. The molecule has 2 N–H and O–H groups in total. The molecule has 0 aliphatic rings. The summed E-state index contributed by atoms with van der Waals surface area (Å²) in [4.78, 5) is 18.0. The van der Waals surface area contributed by atoms with Crippen LogP contribution in [0.25, 0.3) is 0 Å². The summed E-state index contributed by atoms with van der Waals surface area (Å²) in [6.07, 6.45) is -4.57. The number of benzene rings is 2. The molecular formula is C27H31BrF3N3O4S. The maximum absolute atomic E-state index is 13.8. The van der Waals surface area contributed by atoms with E-state index in [0.717, 1.165) is 6.07 Å². The van der Waals surface area contributed by atoms with Crippen LogP contribution in [0.5, 0.6) is 0 Å². The van der Waals surface area contributed by atoms with Gasteiger partial charge in [0.2, 0.25) is 0 Å². The second-order valence-electron chi connectivity index (χ2n) is 10.2. The lowest BCUT2D eigenvalue weighted by molar-refractivity contribution is -0.138. The number of rotatable bonds is 8. The molecule has 0 bridgehead atoms. The van der Waals surface area contributed by atoms with Gasteiger partial charge in [-0.05, 0) is 42.3 Å². The van der Waals surface area contributed by atoms with Crippen molar-refractivity contribution in [3.8, 4) is 0 Å². The highest BCUT2D eigenvalue weighted by atomic mass is 79.9. The molecule has 3 rings (SSSR count). The standard InChI is InChI=1S/C27H31BrF3N3O4S/c1-6-39(37,38)20-11-8-17(9-12-20)22(15-35)32-24(36)23-16(2)34(25(33-23)26(3,4)5)14-18-7-10-19(28)13-21(18)27(29,30)31/h7-13,22,35H,6,14-15H2,1-5H3,(H,32,36)/t22-/m0/s1. The summed E-state index contributed by atoms with van der Waals surface area (Å²) < 4.78 is 67.5. The molecular weight excluding hydrogens is 599 g/mol. The molecule has 1 amide bonds. The van der Waals surface area contributed by atoms with Crippen molar-refractivity contribution in [3.05, 3.63) is 80.8 Å². The van der Waals surface area contributed by atoms with Gasteiger partial charge in [0.15, 0.2) is 9.84 Å². The number of nitrogens with zero attached hydrogens (tertiary/aromatic N) is 2. The van der Waals surface area contributed by atoms with Gasteiger partial charge in [-0.15, -0.1) is 0 Å². The van der Waals surface area contributed by atoms with Crippen LogP contribution in [-0.4, -0.2) is 41.3 Å². The van der Waals surface area contributed by atoms with E-state index in [0.29, 0.717) is 21.6 Å². The number of hydrogen-bond donors (Lipinski definition) is 2. The third-order valence-corrected chi connectivity index (χ3v) is 8.57. The summed E-state index contributed by atoms with van der Waals surface area (Å²) in [5, 5.41) is 12.7. The molecule has 0 unspecified atom stereocenters. The fourth-order valence-electron chi connectivity index (χ4n) is 4.17. The fourth-order valence-corrected chi connectivity index (χ4v) is 5.42. The molecule has 0 saturated heterocycles. The summed E-state index contributed by atoms with van der Waals surface area (Å²) >= 11 is 3.10. The molecule has 0 fully saturated rings. The molecule has 1 aromatic heterocycles. The first-order chi connectivity index (χ1) is 18.0. The smallest absolute Gasteiger partial charge is 0.394 e. The zero-order chi connectivity index (χ0) is 29.3. The van der Waals surface area contributed by atoms with Gasteiger partial charge in [0, 0.05) is 22.1 Å². The molecule has 1 heterocycles. The fraction of sp³-hybridized carbons (Fsp3) is 0.407. The van der Waals surface area contributed by atoms with Crippen molar-refractivity contribution in [1.82, 2.24) is 14.9 Å². The Balaban J connectivity index is 1.98. The maximum atomic E-state index is 13.8. The van der Waals surface area contributed by atoms with Crippen LogP contribution in [-0.2, 0) is 28.0 Å². The van der Waals surface area contributed by atoms with Gasteiger partial charge in [-0.1, -0.05) is 61.8 Å². The van der Waals surface area contributed by atoms with E-state index in [1.54, 1.807) is 11.5 Å². The zero-order valence-corrected chi connectivity index (χ0v) is 24.6. The van der Waals surface area contributed by atoms with Gasteiger partial charge in [0.25, 0.3) is 5.91 Å². The van der Waals surface area contributed by atoms with E-state index in [-0.39, 0.29) is 28.5 Å². The Morgan fingerprint density at radius 2 is 1.74 bits per heavy atom. The van der Waals surface area contributed by atoms with Gasteiger partial charge < -0.3 is 15.0 Å². The van der Waals surface area contributed by atoms with Crippen LogP contribution in [0.3, 0.4) is 0 Å². The molecule has 7 nitrogen and oxygen atoms in total. The Bertz CT molecular complexity index is 1460. The normalized spacial score (nSPS) is 13.4. The van der Waals surface area contributed by atoms with E-state index in [1.165, 1.54) is 43.3 Å². The van der Waals surface area contributed by atoms with E-state index in [1.807, 2.05) is 20.8 Å². The first-order valence-electron chi connectivity index (χ1n) is 12.2. The van der Waals surface area contributed by atoms with E-state index < -0.39 is 45.5 Å². The van der Waals surface area contributed by atoms with Gasteiger partial charge in [-0.2, -0.15) is 13.2 Å². The van der Waals surface area contributed by atoms with E-state index >= 15 is 0 Å². The summed E-state index contributed by atoms with van der Waals surface area (Å²) in [5.74, 6) is -0.251. The molecule has 0 spiro atoms. The third-order valence-electron chi connectivity index (χ3n) is 6.32. The Hall–Kier alpha value is -2.70. The quantitative estimate of drug-likeness (QED) is 0.339. The lowest BCUT2D eigenvalue weighted by atomic mass is 9.95. The minimum atomic E-state index is -4.57. The predicted octanol–water partition coefficient (Wildman–Crippen LogP) is 5.58. The van der Waals surface area contributed by atoms with Gasteiger partial charge in [-0.25, -0.2) is 13.4 Å². The number of sulfone groups is 1. The molecule has 212 valence electrons. The van der Waals surface area contributed by atoms with Crippen molar-refractivity contribution in [1.29, 1.82) is 0 Å². The molecule has 3 aromatic rings. The van der Waals surface area contributed by atoms with E-state index in [9.17, 15) is 31.5 Å². The van der Waals surface area contributed by atoms with Crippen LogP contribution in [0, 0.1) is 6.92 Å². The highest BCUT2D eigenvalue weighted by Crippen LogP contribution is 2.35. The van der Waals surface area contributed by atoms with Crippen LogP contribution in [0.15, 0.2) is 51.8 Å². The lowest BCUT2D eigenvalue weighted by Crippen LogP contribution is -2.31. The van der Waals surface area contributed by atoms with Crippen molar-refractivity contribution >= 4 is 31.7 Å². The molecule has 1 atom stereocenters. The number of carbonyl (C=O) groups is 1. The maximum Gasteiger partial charge on any atom is 0.416 e. The Kier molecular flexibility index (Phi) is 9.03. The summed E-state index contributed by atoms with van der Waals surface area (Å²) in [7, 11) is -3.41. The number of aromatic nitrogens is 2. The average molecular weight is 631 g/mol. The number of aliphatic hydroxyl groups is 1. The van der Waals surface area contributed by atoms with Gasteiger partial charge in [-0.3, -0.25) is 4.79 Å². The first kappa shape index (κ1) is 30.8. The topological polar surface area (TPSA) is 101 Å². The van der Waals surface area contributed by atoms with Crippen molar-refractivity contribution in [2.45, 2.75) is 63.7 Å². The average Bonchev–Trinajstić information content (AvgIpc) is 3.19. The Morgan fingerprint density at radius 3 is 2.26 bits per heavy atom. The SMILES string of the molecule is CCS(=O)(=O)c1ccc([C@H](CO)NC(=O)c2nc(C(C)(C)C)n(Cc3ccc(Br)cc3C(F)(F)F)c2C)cc1. The highest BCUT2D eigenvalue weighted by molar-refractivity contribution is 9.10. The van der Waals surface area contributed by atoms with E-state index in [4.69, 9.17) is 0 Å². The Labute approximate surface area is 234 Å². The summed E-state index contributed by atoms with van der Waals surface area (Å²) in [6, 6.07) is 8.95. The van der Waals surface area contributed by atoms with Gasteiger partial charge in [0.1, 0.15) is 11.5 Å². The second kappa shape index (κ2) is 11.4. The predicted molar refractivity (Wildman–Crippen MR) is 145 cm³/mol. The molecule has 0 saturated carbocycles. The largest absolute Gasteiger partial charge is 0.416 e. The van der Waals surface area contributed by atoms with Crippen molar-refractivity contribution in [2.24, 2.45) is 0 Å². The van der Waals surface area contributed by atoms with E-state index in [2.05, 4.69) is 26.2 Å². The van der Waals surface area contributed by atoms with Crippen molar-refractivity contribution < 1.29 is 31.5 Å². The third kappa shape index (κ3) is 6.90. The minimum absolute atomic E-state index is 0.0224. The minimum Gasteiger partial charge on any atom is -0.394 e. The lowest BCUT2D eigenvalue weighted by Gasteiger charge is -2.22. The zero-order valence-electron chi connectivity index (χ0n) is 22.2. The second-order valence-corrected chi connectivity index (χ2v) is 13.4. The highest BCUT2D eigenvalue weighted by Gasteiger charge is 2.35. The van der Waals surface area contributed by atoms with Crippen LogP contribution in [0.2, 0.25) is 0 Å². The van der Waals surface area contributed by atoms with Gasteiger partial charge >= 0.3 is 6.18 Å². The number of alkyl halides is 3. The van der Waals surface area contributed by atoms with Crippen LogP contribution >= 0.6 is 15.9 Å². The monoisotopic (exact) mass is 629 g/mol.